The van der Waals surface area contributed by atoms with Gasteiger partial charge in [0.1, 0.15) is 0 Å². The molecule has 0 heterocycles. The molecule has 0 aliphatic heterocycles. The van der Waals surface area contributed by atoms with E-state index < -0.39 is 10.8 Å². The van der Waals surface area contributed by atoms with Gasteiger partial charge in [0.15, 0.2) is 0 Å². The Balaban J connectivity index is 2.85. The van der Waals surface area contributed by atoms with Crippen molar-refractivity contribution in [3.63, 3.8) is 0 Å². The van der Waals surface area contributed by atoms with Crippen LogP contribution in [0.15, 0.2) is 48.5 Å². The lowest BCUT2D eigenvalue weighted by Crippen LogP contribution is -2.45. The van der Waals surface area contributed by atoms with Crippen molar-refractivity contribution in [2.45, 2.75) is 10.8 Å². The highest BCUT2D eigenvalue weighted by atomic mass is 35.5. The fraction of sp³-hybridized carbons (Fsp3) is 0.111. The normalized spacial score (nSPS) is 10.8. The second kappa shape index (κ2) is 6.62. The van der Waals surface area contributed by atoms with E-state index in [9.17, 15) is 21.0 Å². The smallest absolute Gasteiger partial charge is 0.196 e. The van der Waals surface area contributed by atoms with Gasteiger partial charge in [0.2, 0.25) is 10.8 Å². The molecule has 0 N–H and O–H groups in total. The predicted octanol–water partition coefficient (Wildman–Crippen LogP) is 4.26. The van der Waals surface area contributed by atoms with E-state index in [2.05, 4.69) is 0 Å². The first-order valence-corrected chi connectivity index (χ1v) is 7.42. The number of hydrogen-bond acceptors (Lipinski definition) is 4. The van der Waals surface area contributed by atoms with Crippen LogP contribution >= 0.6 is 23.2 Å². The third-order valence-electron chi connectivity index (χ3n) is 3.79. The van der Waals surface area contributed by atoms with Gasteiger partial charge in [-0.15, -0.1) is 0 Å². The van der Waals surface area contributed by atoms with Crippen LogP contribution in [0.2, 0.25) is 10.0 Å². The van der Waals surface area contributed by atoms with Crippen molar-refractivity contribution < 1.29 is 0 Å². The van der Waals surface area contributed by atoms with E-state index in [4.69, 9.17) is 23.2 Å². The highest BCUT2D eigenvalue weighted by Crippen LogP contribution is 2.44. The van der Waals surface area contributed by atoms with Crippen LogP contribution in [-0.2, 0) is 10.8 Å². The average Bonchev–Trinajstić information content (AvgIpc) is 2.62. The molecule has 0 aromatic heterocycles. The second-order valence-electron chi connectivity index (χ2n) is 4.96. The maximum absolute atomic E-state index is 9.78. The van der Waals surface area contributed by atoms with Crippen molar-refractivity contribution >= 4 is 23.2 Å². The van der Waals surface area contributed by atoms with Crippen LogP contribution in [0.5, 0.6) is 0 Å². The van der Waals surface area contributed by atoms with Crippen molar-refractivity contribution in [1.82, 2.24) is 0 Å². The molecule has 0 unspecified atom stereocenters. The zero-order chi connectivity index (χ0) is 17.8. The van der Waals surface area contributed by atoms with Crippen molar-refractivity contribution in [1.29, 1.82) is 21.0 Å². The first kappa shape index (κ1) is 17.3. The molecule has 0 spiro atoms. The number of nitriles is 4. The summed E-state index contributed by atoms with van der Waals surface area (Å²) >= 11 is 11.7. The van der Waals surface area contributed by atoms with Gasteiger partial charge < -0.3 is 0 Å². The Labute approximate surface area is 149 Å². The molecule has 6 heteroatoms. The molecular formula is C18H8Cl2N4. The molecule has 24 heavy (non-hydrogen) atoms. The number of nitrogens with zero attached hydrogens (tertiary/aromatic N) is 4. The van der Waals surface area contributed by atoms with Crippen molar-refractivity contribution in [3.05, 3.63) is 69.7 Å². The van der Waals surface area contributed by atoms with Gasteiger partial charge >= 0.3 is 0 Å². The summed E-state index contributed by atoms with van der Waals surface area (Å²) in [6, 6.07) is 19.4. The van der Waals surface area contributed by atoms with Gasteiger partial charge in [0, 0.05) is 10.0 Å². The topological polar surface area (TPSA) is 95.2 Å². The summed E-state index contributed by atoms with van der Waals surface area (Å²) in [5, 5.41) is 39.9. The number of rotatable bonds is 3. The van der Waals surface area contributed by atoms with Gasteiger partial charge in [0.05, 0.1) is 24.3 Å². The highest BCUT2D eigenvalue weighted by molar-refractivity contribution is 6.30. The van der Waals surface area contributed by atoms with Crippen molar-refractivity contribution in [3.8, 4) is 24.3 Å². The summed E-state index contributed by atoms with van der Waals surface area (Å²) in [7, 11) is 0. The Morgan fingerprint density at radius 2 is 0.792 bits per heavy atom. The fourth-order valence-corrected chi connectivity index (χ4v) is 2.73. The third-order valence-corrected chi connectivity index (χ3v) is 4.29. The molecule has 0 bridgehead atoms. The van der Waals surface area contributed by atoms with Gasteiger partial charge in [-0.05, 0) is 35.4 Å². The monoisotopic (exact) mass is 350 g/mol. The fourth-order valence-electron chi connectivity index (χ4n) is 2.48. The summed E-state index contributed by atoms with van der Waals surface area (Å²) in [6.45, 7) is 0. The molecule has 0 fully saturated rings. The molecule has 2 aromatic rings. The largest absolute Gasteiger partial charge is 0.204 e. The molecular weight excluding hydrogens is 343 g/mol. The lowest BCUT2D eigenvalue weighted by Gasteiger charge is -2.32. The van der Waals surface area contributed by atoms with Crippen molar-refractivity contribution in [2.75, 3.05) is 0 Å². The van der Waals surface area contributed by atoms with E-state index in [-0.39, 0.29) is 11.1 Å². The first-order chi connectivity index (χ1) is 11.5. The maximum Gasteiger partial charge on any atom is 0.204 e. The molecule has 2 rings (SSSR count). The molecule has 0 saturated carbocycles. The summed E-state index contributed by atoms with van der Waals surface area (Å²) in [5.41, 5.74) is -3.63. The molecule has 0 amide bonds. The molecule has 4 nitrogen and oxygen atoms in total. The first-order valence-electron chi connectivity index (χ1n) is 6.67. The van der Waals surface area contributed by atoms with Gasteiger partial charge in [-0.3, -0.25) is 0 Å². The minimum atomic E-state index is -2.03. The van der Waals surface area contributed by atoms with Crippen LogP contribution in [0.25, 0.3) is 0 Å². The molecule has 0 radical (unpaired) electrons. The SMILES string of the molecule is N#CC(C#N)(c1ccc(Cl)cc1)C(C#N)(C#N)c1ccc(Cl)cc1. The second-order valence-corrected chi connectivity index (χ2v) is 5.83. The van der Waals surface area contributed by atoms with Crippen LogP contribution in [-0.4, -0.2) is 0 Å². The number of benzene rings is 2. The molecule has 114 valence electrons. The van der Waals surface area contributed by atoms with Gasteiger partial charge in [-0.25, -0.2) is 0 Å². The molecule has 2 aromatic carbocycles. The van der Waals surface area contributed by atoms with Crippen LogP contribution in [0.1, 0.15) is 11.1 Å². The molecule has 0 aliphatic carbocycles. The van der Waals surface area contributed by atoms with Crippen LogP contribution in [0.4, 0.5) is 0 Å². The van der Waals surface area contributed by atoms with Gasteiger partial charge in [0.25, 0.3) is 0 Å². The van der Waals surface area contributed by atoms with Crippen LogP contribution in [0, 0.1) is 45.3 Å². The molecule has 0 atom stereocenters. The molecule has 0 aliphatic rings. The van der Waals surface area contributed by atoms with E-state index in [1.165, 1.54) is 48.5 Å². The Hall–Kier alpha value is -3.02. The van der Waals surface area contributed by atoms with Crippen LogP contribution in [0.3, 0.4) is 0 Å². The summed E-state index contributed by atoms with van der Waals surface area (Å²) in [5.74, 6) is 0. The zero-order valence-corrected chi connectivity index (χ0v) is 13.7. The van der Waals surface area contributed by atoms with Gasteiger partial charge in [-0.2, -0.15) is 21.0 Å². The highest BCUT2D eigenvalue weighted by Gasteiger charge is 2.57. The quantitative estimate of drug-likeness (QED) is 0.825. The van der Waals surface area contributed by atoms with E-state index in [1.54, 1.807) is 0 Å². The summed E-state index contributed by atoms with van der Waals surface area (Å²) in [4.78, 5) is 0. The minimum absolute atomic E-state index is 0.218. The van der Waals surface area contributed by atoms with Crippen LogP contribution < -0.4 is 0 Å². The lowest BCUT2D eigenvalue weighted by atomic mass is 9.59. The predicted molar refractivity (Wildman–Crippen MR) is 88.7 cm³/mol. The zero-order valence-electron chi connectivity index (χ0n) is 12.2. The number of hydrogen-bond donors (Lipinski definition) is 0. The van der Waals surface area contributed by atoms with E-state index in [0.717, 1.165) is 0 Å². The Bertz CT molecular complexity index is 812. The third kappa shape index (κ3) is 2.46. The Morgan fingerprint density at radius 1 is 0.542 bits per heavy atom. The Morgan fingerprint density at radius 3 is 1.00 bits per heavy atom. The maximum atomic E-state index is 9.78. The van der Waals surface area contributed by atoms with E-state index >= 15 is 0 Å². The Kier molecular flexibility index (Phi) is 4.78. The van der Waals surface area contributed by atoms with Crippen molar-refractivity contribution in [2.24, 2.45) is 0 Å². The minimum Gasteiger partial charge on any atom is -0.196 e. The standard InChI is InChI=1S/C18H8Cl2N4/c19-15-5-1-13(2-6-15)17(9-21,10-22)18(11-23,12-24)14-3-7-16(20)8-4-14/h1-8H. The summed E-state index contributed by atoms with van der Waals surface area (Å²) < 4.78 is 0. The molecule has 0 saturated heterocycles. The number of halogens is 2. The average molecular weight is 351 g/mol. The lowest BCUT2D eigenvalue weighted by molar-refractivity contribution is 0.524. The van der Waals surface area contributed by atoms with E-state index in [1.807, 2.05) is 24.3 Å². The van der Waals surface area contributed by atoms with E-state index in [0.29, 0.717) is 10.0 Å². The van der Waals surface area contributed by atoms with Gasteiger partial charge in [-0.1, -0.05) is 47.5 Å². The summed E-state index contributed by atoms with van der Waals surface area (Å²) in [6.07, 6.45) is 0.